The lowest BCUT2D eigenvalue weighted by Gasteiger charge is -2.39. The summed E-state index contributed by atoms with van der Waals surface area (Å²) in [6.45, 7) is 5.28. The molecule has 2 amide bonds. The molecule has 0 spiro atoms. The predicted molar refractivity (Wildman–Crippen MR) is 129 cm³/mol. The average molecular weight is 450 g/mol. The number of anilines is 1. The van der Waals surface area contributed by atoms with Crippen molar-refractivity contribution in [3.05, 3.63) is 95.3 Å². The number of carbonyl (C=O) groups is 1. The number of amides is 2. The lowest BCUT2D eigenvalue weighted by atomic mass is 10.1. The average Bonchev–Trinajstić information content (AvgIpc) is 2.83. The summed E-state index contributed by atoms with van der Waals surface area (Å²) < 4.78 is 0. The van der Waals surface area contributed by atoms with E-state index in [1.54, 1.807) is 18.3 Å². The molecule has 0 bridgehead atoms. The van der Waals surface area contributed by atoms with Crippen LogP contribution in [0.15, 0.2) is 79.1 Å². The molecular formula is C25H28ClN5O. The normalized spacial score (nSPS) is 15.8. The summed E-state index contributed by atoms with van der Waals surface area (Å²) in [5, 5.41) is 6.36. The van der Waals surface area contributed by atoms with Crippen LogP contribution in [0.5, 0.6) is 0 Å². The minimum absolute atomic E-state index is 0.0552. The molecule has 1 aliphatic rings. The molecule has 6 nitrogen and oxygen atoms in total. The van der Waals surface area contributed by atoms with Crippen molar-refractivity contribution in [1.82, 2.24) is 20.1 Å². The Balaban J connectivity index is 1.36. The minimum atomic E-state index is -0.269. The molecule has 1 aliphatic heterocycles. The quantitative estimate of drug-likeness (QED) is 0.560. The highest BCUT2D eigenvalue weighted by molar-refractivity contribution is 6.33. The molecule has 0 radical (unpaired) electrons. The third-order valence-corrected chi connectivity index (χ3v) is 6.07. The van der Waals surface area contributed by atoms with Gasteiger partial charge in [0.15, 0.2) is 0 Å². The maximum Gasteiger partial charge on any atom is 0.319 e. The van der Waals surface area contributed by atoms with Crippen molar-refractivity contribution < 1.29 is 4.79 Å². The third-order valence-electron chi connectivity index (χ3n) is 5.74. The van der Waals surface area contributed by atoms with Gasteiger partial charge in [0.2, 0.25) is 0 Å². The predicted octanol–water partition coefficient (Wildman–Crippen LogP) is 4.42. The van der Waals surface area contributed by atoms with E-state index < -0.39 is 0 Å². The summed E-state index contributed by atoms with van der Waals surface area (Å²) in [6.07, 6.45) is 3.66. The van der Waals surface area contributed by atoms with E-state index in [-0.39, 0.29) is 12.1 Å². The van der Waals surface area contributed by atoms with Crippen molar-refractivity contribution >= 4 is 23.3 Å². The van der Waals surface area contributed by atoms with Crippen molar-refractivity contribution in [3.8, 4) is 0 Å². The van der Waals surface area contributed by atoms with E-state index in [0.717, 1.165) is 38.3 Å². The highest BCUT2D eigenvalue weighted by Crippen LogP contribution is 2.23. The molecule has 3 aromatic rings. The van der Waals surface area contributed by atoms with Gasteiger partial charge in [0, 0.05) is 51.7 Å². The van der Waals surface area contributed by atoms with Crippen LogP contribution in [0.4, 0.5) is 10.5 Å². The topological polar surface area (TPSA) is 60.5 Å². The van der Waals surface area contributed by atoms with Crippen molar-refractivity contribution in [2.24, 2.45) is 0 Å². The van der Waals surface area contributed by atoms with Crippen LogP contribution >= 0.6 is 11.6 Å². The van der Waals surface area contributed by atoms with Gasteiger partial charge in [0.25, 0.3) is 0 Å². The van der Waals surface area contributed by atoms with Gasteiger partial charge in [0.1, 0.15) is 0 Å². The lowest BCUT2D eigenvalue weighted by Crippen LogP contribution is -2.49. The van der Waals surface area contributed by atoms with Crippen LogP contribution in [-0.4, -0.2) is 53.5 Å². The number of carbonyl (C=O) groups excluding carboxylic acids is 1. The van der Waals surface area contributed by atoms with Crippen LogP contribution in [0.3, 0.4) is 0 Å². The summed E-state index contributed by atoms with van der Waals surface area (Å²) in [7, 11) is 0. The Kier molecular flexibility index (Phi) is 7.72. The van der Waals surface area contributed by atoms with Crippen LogP contribution < -0.4 is 10.6 Å². The summed E-state index contributed by atoms with van der Waals surface area (Å²) >= 11 is 6.16. The summed E-state index contributed by atoms with van der Waals surface area (Å²) in [6, 6.07) is 21.6. The Morgan fingerprint density at radius 2 is 1.72 bits per heavy atom. The minimum Gasteiger partial charge on any atom is -0.336 e. The van der Waals surface area contributed by atoms with E-state index in [1.165, 1.54) is 5.56 Å². The first kappa shape index (κ1) is 22.3. The standard InChI is InChI=1S/C25H28ClN5O/c26-22-10-4-5-11-23(22)29-25(32)28-18-24(21-9-6-12-27-17-21)31-15-13-30(14-16-31)19-20-7-2-1-3-8-20/h1-12,17,24H,13-16,18-19H2,(H2,28,29,32)/t24-/m1/s1. The molecule has 4 rings (SSSR count). The number of hydrogen-bond donors (Lipinski definition) is 2. The second-order valence-corrected chi connectivity index (χ2v) is 8.32. The maximum atomic E-state index is 12.5. The Morgan fingerprint density at radius 1 is 0.969 bits per heavy atom. The molecule has 1 fully saturated rings. The van der Waals surface area contributed by atoms with Gasteiger partial charge in [-0.2, -0.15) is 0 Å². The van der Waals surface area contributed by atoms with E-state index in [2.05, 4.69) is 61.8 Å². The molecule has 2 heterocycles. The van der Waals surface area contributed by atoms with Crippen molar-refractivity contribution in [2.45, 2.75) is 12.6 Å². The first-order valence-electron chi connectivity index (χ1n) is 10.9. The van der Waals surface area contributed by atoms with Gasteiger partial charge in [-0.25, -0.2) is 4.79 Å². The summed E-state index contributed by atoms with van der Waals surface area (Å²) in [5.41, 5.74) is 3.03. The monoisotopic (exact) mass is 449 g/mol. The Morgan fingerprint density at radius 3 is 2.44 bits per heavy atom. The zero-order chi connectivity index (χ0) is 22.2. The fraction of sp³-hybridized carbons (Fsp3) is 0.280. The molecule has 1 saturated heterocycles. The number of nitrogens with zero attached hydrogens (tertiary/aromatic N) is 3. The number of aromatic nitrogens is 1. The molecule has 32 heavy (non-hydrogen) atoms. The van der Waals surface area contributed by atoms with Crippen molar-refractivity contribution in [3.63, 3.8) is 0 Å². The van der Waals surface area contributed by atoms with Gasteiger partial charge >= 0.3 is 6.03 Å². The van der Waals surface area contributed by atoms with Gasteiger partial charge in [0.05, 0.1) is 16.8 Å². The number of piperazine rings is 1. The molecular weight excluding hydrogens is 422 g/mol. The number of nitrogens with one attached hydrogen (secondary N) is 2. The van der Waals surface area contributed by atoms with Crippen LogP contribution in [0.2, 0.25) is 5.02 Å². The zero-order valence-corrected chi connectivity index (χ0v) is 18.7. The molecule has 2 N–H and O–H groups in total. The van der Waals surface area contributed by atoms with E-state index in [9.17, 15) is 4.79 Å². The van der Waals surface area contributed by atoms with Crippen molar-refractivity contribution in [1.29, 1.82) is 0 Å². The number of halogens is 1. The van der Waals surface area contributed by atoms with E-state index >= 15 is 0 Å². The van der Waals surface area contributed by atoms with Gasteiger partial charge in [-0.3, -0.25) is 14.8 Å². The molecule has 166 valence electrons. The zero-order valence-electron chi connectivity index (χ0n) is 18.0. The van der Waals surface area contributed by atoms with Crippen molar-refractivity contribution in [2.75, 3.05) is 38.0 Å². The SMILES string of the molecule is O=C(NC[C@H](c1cccnc1)N1CCN(Cc2ccccc2)CC1)Nc1ccccc1Cl. The molecule has 7 heteroatoms. The fourth-order valence-electron chi connectivity index (χ4n) is 4.02. The van der Waals surface area contributed by atoms with E-state index in [1.807, 2.05) is 24.4 Å². The fourth-order valence-corrected chi connectivity index (χ4v) is 4.21. The Hall–Kier alpha value is -2.93. The molecule has 0 aliphatic carbocycles. The van der Waals surface area contributed by atoms with Gasteiger partial charge < -0.3 is 10.6 Å². The maximum absolute atomic E-state index is 12.5. The first-order chi connectivity index (χ1) is 15.7. The second kappa shape index (κ2) is 11.1. The number of hydrogen-bond acceptors (Lipinski definition) is 4. The molecule has 0 saturated carbocycles. The number of rotatable bonds is 7. The van der Waals surface area contributed by atoms with Crippen LogP contribution in [0.25, 0.3) is 0 Å². The number of urea groups is 1. The Labute approximate surface area is 194 Å². The number of benzene rings is 2. The van der Waals surface area contributed by atoms with Gasteiger partial charge in [-0.05, 0) is 29.3 Å². The highest BCUT2D eigenvalue weighted by atomic mass is 35.5. The van der Waals surface area contributed by atoms with E-state index in [0.29, 0.717) is 17.3 Å². The van der Waals surface area contributed by atoms with Crippen LogP contribution in [-0.2, 0) is 6.54 Å². The molecule has 1 atom stereocenters. The van der Waals surface area contributed by atoms with Gasteiger partial charge in [-0.1, -0.05) is 60.1 Å². The highest BCUT2D eigenvalue weighted by Gasteiger charge is 2.25. The molecule has 1 aromatic heterocycles. The molecule has 2 aromatic carbocycles. The molecule has 0 unspecified atom stereocenters. The van der Waals surface area contributed by atoms with Crippen LogP contribution in [0.1, 0.15) is 17.2 Å². The largest absolute Gasteiger partial charge is 0.336 e. The Bertz CT molecular complexity index is 993. The third kappa shape index (κ3) is 6.07. The second-order valence-electron chi connectivity index (χ2n) is 7.91. The van der Waals surface area contributed by atoms with Crippen LogP contribution in [0, 0.1) is 0 Å². The lowest BCUT2D eigenvalue weighted by molar-refractivity contribution is 0.0916. The summed E-state index contributed by atoms with van der Waals surface area (Å²) in [4.78, 5) is 21.7. The van der Waals surface area contributed by atoms with Gasteiger partial charge in [-0.15, -0.1) is 0 Å². The van der Waals surface area contributed by atoms with E-state index in [4.69, 9.17) is 11.6 Å². The first-order valence-corrected chi connectivity index (χ1v) is 11.3. The number of pyridine rings is 1. The smallest absolute Gasteiger partial charge is 0.319 e. The summed E-state index contributed by atoms with van der Waals surface area (Å²) in [5.74, 6) is 0. The number of para-hydroxylation sites is 1.